The largest absolute Gasteiger partial charge is 0.294 e. The van der Waals surface area contributed by atoms with Crippen molar-refractivity contribution in [2.24, 2.45) is 0 Å². The van der Waals surface area contributed by atoms with Crippen molar-refractivity contribution in [2.45, 2.75) is 38.5 Å². The molecular weight excluding hydrogens is 220 g/mol. The third-order valence-electron chi connectivity index (χ3n) is 3.89. The highest BCUT2D eigenvalue weighted by Gasteiger charge is 2.18. The van der Waals surface area contributed by atoms with Crippen LogP contribution in [-0.4, -0.2) is 5.78 Å². The second-order valence-corrected chi connectivity index (χ2v) is 5.12. The van der Waals surface area contributed by atoms with E-state index in [-0.39, 0.29) is 5.78 Å². The molecule has 0 spiro atoms. The Labute approximate surface area is 108 Å². The predicted molar refractivity (Wildman–Crippen MR) is 74.8 cm³/mol. The lowest BCUT2D eigenvalue weighted by Gasteiger charge is -2.17. The van der Waals surface area contributed by atoms with Crippen molar-refractivity contribution in [1.29, 1.82) is 0 Å². The van der Waals surface area contributed by atoms with E-state index >= 15 is 0 Å². The summed E-state index contributed by atoms with van der Waals surface area (Å²) in [5.41, 5.74) is 4.92. The fourth-order valence-corrected chi connectivity index (χ4v) is 2.92. The number of fused-ring (bicyclic) bond motifs is 3. The first kappa shape index (κ1) is 11.5. The van der Waals surface area contributed by atoms with E-state index in [4.69, 9.17) is 0 Å². The highest BCUT2D eigenvalue weighted by atomic mass is 16.1. The molecule has 0 atom stereocenters. The standard InChI is InChI=1S/C17H18O/c18-17-10-6-9-15-14-8-5-3-1-2-4-7-13(14)11-12-16(15)17/h2,4,6,9,11-12H,1,3,5,7-8,10H2. The monoisotopic (exact) mass is 238 g/mol. The van der Waals surface area contributed by atoms with Gasteiger partial charge < -0.3 is 0 Å². The molecule has 1 aromatic rings. The number of benzene rings is 1. The average molecular weight is 238 g/mol. The Morgan fingerprint density at radius 3 is 2.83 bits per heavy atom. The summed E-state index contributed by atoms with van der Waals surface area (Å²) in [6.45, 7) is 0. The summed E-state index contributed by atoms with van der Waals surface area (Å²) in [6.07, 6.45) is 15.0. The number of ketones is 1. The van der Waals surface area contributed by atoms with Crippen LogP contribution in [0.15, 0.2) is 30.4 Å². The molecule has 0 aromatic heterocycles. The molecule has 0 fully saturated rings. The van der Waals surface area contributed by atoms with E-state index < -0.39 is 0 Å². The molecule has 18 heavy (non-hydrogen) atoms. The van der Waals surface area contributed by atoms with E-state index in [0.717, 1.165) is 18.4 Å². The van der Waals surface area contributed by atoms with E-state index in [9.17, 15) is 4.79 Å². The van der Waals surface area contributed by atoms with Gasteiger partial charge in [0, 0.05) is 12.0 Å². The van der Waals surface area contributed by atoms with Crippen LogP contribution in [0.3, 0.4) is 0 Å². The van der Waals surface area contributed by atoms with Gasteiger partial charge in [0.15, 0.2) is 5.78 Å². The molecule has 92 valence electrons. The Balaban J connectivity index is 2.11. The van der Waals surface area contributed by atoms with Gasteiger partial charge in [-0.15, -0.1) is 0 Å². The van der Waals surface area contributed by atoms with Crippen LogP contribution in [0.1, 0.15) is 52.7 Å². The topological polar surface area (TPSA) is 17.1 Å². The lowest BCUT2D eigenvalue weighted by molar-refractivity contribution is 0.0994. The van der Waals surface area contributed by atoms with Gasteiger partial charge in [0.05, 0.1) is 0 Å². The second kappa shape index (κ2) is 4.93. The first-order valence-corrected chi connectivity index (χ1v) is 6.86. The molecule has 1 heteroatoms. The minimum Gasteiger partial charge on any atom is -0.294 e. The summed E-state index contributed by atoms with van der Waals surface area (Å²) in [6, 6.07) is 4.17. The van der Waals surface area contributed by atoms with E-state index in [1.54, 1.807) is 0 Å². The number of carbonyl (C=O) groups is 1. The first-order valence-electron chi connectivity index (χ1n) is 6.86. The smallest absolute Gasteiger partial charge is 0.167 e. The Kier molecular flexibility index (Phi) is 3.14. The van der Waals surface area contributed by atoms with Gasteiger partial charge in [-0.25, -0.2) is 0 Å². The van der Waals surface area contributed by atoms with Crippen LogP contribution in [0.25, 0.3) is 6.08 Å². The molecule has 1 nitrogen and oxygen atoms in total. The Hall–Kier alpha value is -1.63. The third-order valence-corrected chi connectivity index (χ3v) is 3.89. The molecule has 1 aromatic carbocycles. The number of carbonyl (C=O) groups excluding carboxylic acids is 1. The van der Waals surface area contributed by atoms with Crippen molar-refractivity contribution in [1.82, 2.24) is 0 Å². The molecule has 0 bridgehead atoms. The van der Waals surface area contributed by atoms with Gasteiger partial charge in [0.25, 0.3) is 0 Å². The molecule has 0 N–H and O–H groups in total. The van der Waals surface area contributed by atoms with E-state index in [1.165, 1.54) is 36.0 Å². The van der Waals surface area contributed by atoms with Crippen molar-refractivity contribution >= 4 is 11.9 Å². The van der Waals surface area contributed by atoms with Crippen LogP contribution in [0.4, 0.5) is 0 Å². The lowest BCUT2D eigenvalue weighted by Crippen LogP contribution is -2.09. The summed E-state index contributed by atoms with van der Waals surface area (Å²) in [4.78, 5) is 11.9. The van der Waals surface area contributed by atoms with E-state index in [1.807, 2.05) is 12.1 Å². The fourth-order valence-electron chi connectivity index (χ4n) is 2.92. The van der Waals surface area contributed by atoms with Crippen LogP contribution in [0.2, 0.25) is 0 Å². The number of Topliss-reactive ketones (excluding diaryl/α,β-unsaturated/α-hetero) is 1. The van der Waals surface area contributed by atoms with E-state index in [2.05, 4.69) is 24.3 Å². The summed E-state index contributed by atoms with van der Waals surface area (Å²) in [5, 5.41) is 0. The first-order chi connectivity index (χ1) is 8.86. The molecule has 0 radical (unpaired) electrons. The number of allylic oxidation sites excluding steroid dienone is 3. The molecule has 3 rings (SSSR count). The minimum atomic E-state index is 0.269. The molecule has 2 aliphatic rings. The van der Waals surface area contributed by atoms with E-state index in [0.29, 0.717) is 6.42 Å². The maximum absolute atomic E-state index is 11.9. The van der Waals surface area contributed by atoms with Gasteiger partial charge in [-0.2, -0.15) is 0 Å². The quantitative estimate of drug-likeness (QED) is 0.622. The lowest BCUT2D eigenvalue weighted by atomic mass is 9.86. The van der Waals surface area contributed by atoms with Crippen molar-refractivity contribution in [2.75, 3.05) is 0 Å². The zero-order chi connectivity index (χ0) is 12.4. The van der Waals surface area contributed by atoms with Crippen LogP contribution >= 0.6 is 0 Å². The Morgan fingerprint density at radius 2 is 1.89 bits per heavy atom. The second-order valence-electron chi connectivity index (χ2n) is 5.12. The van der Waals surface area contributed by atoms with Crippen LogP contribution in [0, 0.1) is 0 Å². The van der Waals surface area contributed by atoms with Gasteiger partial charge in [0.1, 0.15) is 0 Å². The van der Waals surface area contributed by atoms with Crippen molar-refractivity contribution in [3.8, 4) is 0 Å². The van der Waals surface area contributed by atoms with Crippen LogP contribution < -0.4 is 0 Å². The fraction of sp³-hybridized carbons (Fsp3) is 0.353. The van der Waals surface area contributed by atoms with Gasteiger partial charge in [-0.05, 0) is 48.8 Å². The Morgan fingerprint density at radius 1 is 0.944 bits per heavy atom. The average Bonchev–Trinajstić information content (AvgIpc) is 2.50. The maximum atomic E-state index is 11.9. The predicted octanol–water partition coefficient (Wildman–Crippen LogP) is 4.11. The number of hydrogen-bond donors (Lipinski definition) is 0. The normalized spacial score (nSPS) is 18.6. The van der Waals surface area contributed by atoms with Crippen molar-refractivity contribution in [3.63, 3.8) is 0 Å². The highest BCUT2D eigenvalue weighted by Crippen LogP contribution is 2.28. The molecular formula is C17H18O. The summed E-state index contributed by atoms with van der Waals surface area (Å²) in [7, 11) is 0. The SMILES string of the molecule is O=C1CC=Cc2c1ccc1c2CCCCC=CC1. The minimum absolute atomic E-state index is 0.269. The summed E-state index contributed by atoms with van der Waals surface area (Å²) < 4.78 is 0. The third kappa shape index (κ3) is 2.05. The summed E-state index contributed by atoms with van der Waals surface area (Å²) >= 11 is 0. The van der Waals surface area contributed by atoms with Gasteiger partial charge in [-0.3, -0.25) is 4.79 Å². The molecule has 0 saturated carbocycles. The van der Waals surface area contributed by atoms with Crippen molar-refractivity contribution < 1.29 is 4.79 Å². The molecule has 0 aliphatic heterocycles. The highest BCUT2D eigenvalue weighted by molar-refractivity contribution is 6.03. The van der Waals surface area contributed by atoms with Crippen LogP contribution in [0.5, 0.6) is 0 Å². The number of rotatable bonds is 0. The zero-order valence-corrected chi connectivity index (χ0v) is 10.6. The Bertz CT molecular complexity index is 535. The number of hydrogen-bond acceptors (Lipinski definition) is 1. The molecule has 0 unspecified atom stereocenters. The molecule has 0 amide bonds. The van der Waals surface area contributed by atoms with Gasteiger partial charge in [-0.1, -0.05) is 36.4 Å². The molecule has 0 saturated heterocycles. The molecule has 2 aliphatic carbocycles. The van der Waals surface area contributed by atoms with Gasteiger partial charge in [0.2, 0.25) is 0 Å². The van der Waals surface area contributed by atoms with Gasteiger partial charge >= 0.3 is 0 Å². The van der Waals surface area contributed by atoms with Crippen molar-refractivity contribution in [3.05, 3.63) is 52.6 Å². The van der Waals surface area contributed by atoms with Crippen LogP contribution in [-0.2, 0) is 12.8 Å². The zero-order valence-electron chi connectivity index (χ0n) is 10.6. The molecule has 0 heterocycles. The summed E-state index contributed by atoms with van der Waals surface area (Å²) in [5.74, 6) is 0.269. The maximum Gasteiger partial charge on any atom is 0.167 e.